The highest BCUT2D eigenvalue weighted by Gasteiger charge is 2.20. The van der Waals surface area contributed by atoms with Gasteiger partial charge in [-0.15, -0.1) is 0 Å². The zero-order valence-corrected chi connectivity index (χ0v) is 14.1. The maximum absolute atomic E-state index is 11.4. The lowest BCUT2D eigenvalue weighted by Gasteiger charge is -2.10. The molecule has 0 spiro atoms. The molecule has 2 aromatic heterocycles. The Morgan fingerprint density at radius 2 is 1.92 bits per heavy atom. The van der Waals surface area contributed by atoms with Gasteiger partial charge in [0.15, 0.2) is 0 Å². The summed E-state index contributed by atoms with van der Waals surface area (Å²) >= 11 is 0. The maximum Gasteiger partial charge on any atom is 0.312 e. The zero-order valence-electron chi connectivity index (χ0n) is 14.1. The average molecular weight is 337 g/mol. The molecule has 0 saturated heterocycles. The molecule has 0 aliphatic heterocycles. The quantitative estimate of drug-likeness (QED) is 0.548. The van der Waals surface area contributed by atoms with Gasteiger partial charge in [0.2, 0.25) is 5.82 Å². The van der Waals surface area contributed by atoms with E-state index in [-0.39, 0.29) is 11.5 Å². The Kier molecular flexibility index (Phi) is 4.74. The van der Waals surface area contributed by atoms with Gasteiger partial charge in [-0.2, -0.15) is 0 Å². The Hall–Kier alpha value is -3.22. The normalized spacial score (nSPS) is 10.6. The molecule has 3 rings (SSSR count). The smallest absolute Gasteiger partial charge is 0.312 e. The Morgan fingerprint density at radius 3 is 2.60 bits per heavy atom. The number of rotatable bonds is 6. The van der Waals surface area contributed by atoms with Gasteiger partial charge in [-0.3, -0.25) is 14.7 Å². The third kappa shape index (κ3) is 3.65. The molecule has 1 N–H and O–H groups in total. The van der Waals surface area contributed by atoms with Crippen molar-refractivity contribution >= 4 is 11.5 Å². The van der Waals surface area contributed by atoms with Gasteiger partial charge in [0, 0.05) is 25.2 Å². The summed E-state index contributed by atoms with van der Waals surface area (Å²) in [5.41, 5.74) is 1.87. The third-order valence-electron chi connectivity index (χ3n) is 3.81. The number of hydrogen-bond donors (Lipinski definition) is 1. The second kappa shape index (κ2) is 7.12. The first-order valence-electron chi connectivity index (χ1n) is 8.07. The Bertz CT molecular complexity index is 890. The van der Waals surface area contributed by atoms with Crippen molar-refractivity contribution < 1.29 is 4.92 Å². The van der Waals surface area contributed by atoms with E-state index in [1.165, 1.54) is 6.07 Å². The van der Waals surface area contributed by atoms with Gasteiger partial charge in [0.05, 0.1) is 10.6 Å². The number of imidazole rings is 1. The van der Waals surface area contributed by atoms with Gasteiger partial charge in [-0.1, -0.05) is 37.3 Å². The Labute approximate surface area is 145 Å². The van der Waals surface area contributed by atoms with E-state index in [4.69, 9.17) is 0 Å². The van der Waals surface area contributed by atoms with Crippen LogP contribution in [0.25, 0.3) is 5.82 Å². The van der Waals surface area contributed by atoms with E-state index in [9.17, 15) is 10.1 Å². The highest BCUT2D eigenvalue weighted by Crippen LogP contribution is 2.25. The van der Waals surface area contributed by atoms with E-state index >= 15 is 0 Å². The predicted octanol–water partition coefficient (Wildman–Crippen LogP) is 3.66. The maximum atomic E-state index is 11.4. The number of aryl methyl sites for hydroxylation is 2. The van der Waals surface area contributed by atoms with Gasteiger partial charge in [0.25, 0.3) is 0 Å². The van der Waals surface area contributed by atoms with Crippen molar-refractivity contribution in [3.05, 3.63) is 75.9 Å². The summed E-state index contributed by atoms with van der Waals surface area (Å²) in [5.74, 6) is 1.60. The van der Waals surface area contributed by atoms with Crippen molar-refractivity contribution in [1.29, 1.82) is 0 Å². The number of nitrogens with one attached hydrogen (secondary N) is 1. The van der Waals surface area contributed by atoms with Crippen LogP contribution < -0.4 is 5.32 Å². The summed E-state index contributed by atoms with van der Waals surface area (Å²) < 4.78 is 1.70. The van der Waals surface area contributed by atoms with E-state index in [0.717, 1.165) is 17.1 Å². The summed E-state index contributed by atoms with van der Waals surface area (Å²) in [6.07, 6.45) is 2.43. The Balaban J connectivity index is 1.96. The van der Waals surface area contributed by atoms with Gasteiger partial charge < -0.3 is 5.32 Å². The number of aromatic nitrogens is 3. The number of hydrogen-bond acceptors (Lipinski definition) is 5. The molecule has 0 unspecified atom stereocenters. The monoisotopic (exact) mass is 337 g/mol. The molecule has 7 nitrogen and oxygen atoms in total. The van der Waals surface area contributed by atoms with Crippen LogP contribution in [0.15, 0.2) is 48.7 Å². The summed E-state index contributed by atoms with van der Waals surface area (Å²) in [5, 5.41) is 14.6. The van der Waals surface area contributed by atoms with Crippen molar-refractivity contribution in [2.75, 3.05) is 5.32 Å². The van der Waals surface area contributed by atoms with Crippen LogP contribution in [-0.2, 0) is 13.0 Å². The first kappa shape index (κ1) is 16.6. The van der Waals surface area contributed by atoms with Crippen molar-refractivity contribution in [2.24, 2.45) is 0 Å². The third-order valence-corrected chi connectivity index (χ3v) is 3.81. The molecule has 0 bridgehead atoms. The SMILES string of the molecule is CCc1nc(C)cn1-c1nc(NCc2ccccc2)ccc1[N+](=O)[O-]. The van der Waals surface area contributed by atoms with Crippen LogP contribution in [0.3, 0.4) is 0 Å². The van der Waals surface area contributed by atoms with Crippen molar-refractivity contribution in [1.82, 2.24) is 14.5 Å². The lowest BCUT2D eigenvalue weighted by atomic mass is 10.2. The first-order chi connectivity index (χ1) is 12.1. The minimum Gasteiger partial charge on any atom is -0.366 e. The predicted molar refractivity (Wildman–Crippen MR) is 95.9 cm³/mol. The van der Waals surface area contributed by atoms with Gasteiger partial charge in [-0.05, 0) is 18.6 Å². The summed E-state index contributed by atoms with van der Waals surface area (Å²) in [6, 6.07) is 13.0. The highest BCUT2D eigenvalue weighted by molar-refractivity contribution is 5.54. The van der Waals surface area contributed by atoms with Crippen molar-refractivity contribution in [3.8, 4) is 5.82 Å². The topological polar surface area (TPSA) is 85.9 Å². The molecule has 128 valence electrons. The summed E-state index contributed by atoms with van der Waals surface area (Å²) in [4.78, 5) is 19.9. The number of nitro groups is 1. The largest absolute Gasteiger partial charge is 0.366 e. The molecule has 0 aliphatic carbocycles. The zero-order chi connectivity index (χ0) is 17.8. The number of benzene rings is 1. The van der Waals surface area contributed by atoms with E-state index in [0.29, 0.717) is 18.8 Å². The van der Waals surface area contributed by atoms with Crippen LogP contribution in [0.1, 0.15) is 24.0 Å². The van der Waals surface area contributed by atoms with Crippen LogP contribution >= 0.6 is 0 Å². The van der Waals surface area contributed by atoms with Crippen LogP contribution in [0.5, 0.6) is 0 Å². The summed E-state index contributed by atoms with van der Waals surface area (Å²) in [7, 11) is 0. The molecular weight excluding hydrogens is 318 g/mol. The molecule has 1 aromatic carbocycles. The molecule has 0 aliphatic rings. The first-order valence-corrected chi connectivity index (χ1v) is 8.07. The fourth-order valence-electron chi connectivity index (χ4n) is 2.63. The van der Waals surface area contributed by atoms with Gasteiger partial charge in [-0.25, -0.2) is 9.97 Å². The fraction of sp³-hybridized carbons (Fsp3) is 0.222. The molecule has 0 fully saturated rings. The minimum atomic E-state index is -0.419. The van der Waals surface area contributed by atoms with E-state index in [1.807, 2.05) is 44.2 Å². The highest BCUT2D eigenvalue weighted by atomic mass is 16.6. The molecule has 2 heterocycles. The molecule has 0 saturated carbocycles. The van der Waals surface area contributed by atoms with Crippen LogP contribution in [0.4, 0.5) is 11.5 Å². The molecule has 3 aromatic rings. The number of anilines is 1. The molecule has 0 radical (unpaired) electrons. The van der Waals surface area contributed by atoms with Crippen LogP contribution in [-0.4, -0.2) is 19.5 Å². The van der Waals surface area contributed by atoms with Gasteiger partial charge >= 0.3 is 5.69 Å². The second-order valence-electron chi connectivity index (χ2n) is 5.66. The lowest BCUT2D eigenvalue weighted by molar-refractivity contribution is -0.384. The standard InChI is InChI=1S/C18H19N5O2/c1-3-17-20-13(2)12-22(17)18-15(23(24)25)9-10-16(21-18)19-11-14-7-5-4-6-8-14/h4-10,12H,3,11H2,1-2H3,(H,19,21). The van der Waals surface area contributed by atoms with Crippen LogP contribution in [0, 0.1) is 17.0 Å². The van der Waals surface area contributed by atoms with E-state index in [2.05, 4.69) is 15.3 Å². The van der Waals surface area contributed by atoms with Crippen molar-refractivity contribution in [2.45, 2.75) is 26.8 Å². The summed E-state index contributed by atoms with van der Waals surface area (Å²) in [6.45, 7) is 4.41. The number of pyridine rings is 1. The second-order valence-corrected chi connectivity index (χ2v) is 5.66. The van der Waals surface area contributed by atoms with Gasteiger partial charge in [0.1, 0.15) is 11.6 Å². The fourth-order valence-corrected chi connectivity index (χ4v) is 2.63. The minimum absolute atomic E-state index is 0.0441. The van der Waals surface area contributed by atoms with E-state index in [1.54, 1.807) is 16.8 Å². The Morgan fingerprint density at radius 1 is 1.16 bits per heavy atom. The van der Waals surface area contributed by atoms with Crippen molar-refractivity contribution in [3.63, 3.8) is 0 Å². The molecular formula is C18H19N5O2. The van der Waals surface area contributed by atoms with E-state index < -0.39 is 4.92 Å². The molecule has 7 heteroatoms. The lowest BCUT2D eigenvalue weighted by Crippen LogP contribution is -2.08. The molecule has 0 atom stereocenters. The number of nitrogens with zero attached hydrogens (tertiary/aromatic N) is 4. The molecule has 25 heavy (non-hydrogen) atoms. The molecule has 0 amide bonds. The average Bonchev–Trinajstić information content (AvgIpc) is 3.01. The van der Waals surface area contributed by atoms with Crippen LogP contribution in [0.2, 0.25) is 0 Å².